The number of hydrogen-bond acceptors (Lipinski definition) is 2. The Bertz CT molecular complexity index is 637. The molecule has 0 atom stereocenters. The van der Waals surface area contributed by atoms with Crippen molar-refractivity contribution >= 4 is 5.96 Å². The minimum atomic E-state index is 0.463. The fourth-order valence-corrected chi connectivity index (χ4v) is 2.05. The molecule has 114 valence electrons. The van der Waals surface area contributed by atoms with E-state index in [1.54, 1.807) is 6.20 Å². The molecule has 0 amide bonds. The minimum absolute atomic E-state index is 0.463. The molecular weight excluding hydrogens is 274 g/mol. The van der Waals surface area contributed by atoms with Crippen LogP contribution in [0.4, 0.5) is 0 Å². The monoisotopic (exact) mass is 295 g/mol. The van der Waals surface area contributed by atoms with E-state index >= 15 is 0 Å². The Hall–Kier alpha value is -2.74. The van der Waals surface area contributed by atoms with E-state index in [1.165, 1.54) is 5.56 Å². The second kappa shape index (κ2) is 8.53. The van der Waals surface area contributed by atoms with Crippen molar-refractivity contribution in [1.29, 1.82) is 0 Å². The van der Waals surface area contributed by atoms with E-state index in [-0.39, 0.29) is 0 Å². The van der Waals surface area contributed by atoms with Crippen molar-refractivity contribution in [3.63, 3.8) is 0 Å². The summed E-state index contributed by atoms with van der Waals surface area (Å²) in [5.74, 6) is 3.28. The molecule has 0 spiro atoms. The number of benzene rings is 1. The van der Waals surface area contributed by atoms with Gasteiger partial charge in [-0.3, -0.25) is 4.68 Å². The lowest BCUT2D eigenvalue weighted by atomic mass is 10.1. The largest absolute Gasteiger partial charge is 0.357 e. The van der Waals surface area contributed by atoms with Crippen molar-refractivity contribution in [2.75, 3.05) is 13.1 Å². The number of aliphatic imine (C=N–C) groups is 1. The molecule has 0 saturated carbocycles. The quantitative estimate of drug-likeness (QED) is 0.484. The van der Waals surface area contributed by atoms with Crippen molar-refractivity contribution in [3.05, 3.63) is 53.9 Å². The van der Waals surface area contributed by atoms with Crippen LogP contribution in [0.2, 0.25) is 0 Å². The van der Waals surface area contributed by atoms with Gasteiger partial charge >= 0.3 is 0 Å². The molecule has 0 radical (unpaired) electrons. The van der Waals surface area contributed by atoms with Gasteiger partial charge in [-0.05, 0) is 24.1 Å². The van der Waals surface area contributed by atoms with Gasteiger partial charge in [0.15, 0.2) is 5.96 Å². The molecule has 0 aliphatic carbocycles. The third kappa shape index (κ3) is 4.98. The molecule has 1 aromatic heterocycles. The molecule has 0 unspecified atom stereocenters. The summed E-state index contributed by atoms with van der Waals surface area (Å²) in [6.45, 7) is 4.66. The number of hydrogen-bond donors (Lipinski definition) is 2. The van der Waals surface area contributed by atoms with E-state index in [0.29, 0.717) is 13.1 Å². The third-order valence-electron chi connectivity index (χ3n) is 3.02. The topological polar surface area (TPSA) is 54.2 Å². The van der Waals surface area contributed by atoms with Crippen LogP contribution in [-0.4, -0.2) is 28.8 Å². The Morgan fingerprint density at radius 3 is 2.91 bits per heavy atom. The van der Waals surface area contributed by atoms with Gasteiger partial charge in [-0.1, -0.05) is 30.2 Å². The first kappa shape index (κ1) is 15.6. The lowest BCUT2D eigenvalue weighted by Crippen LogP contribution is -2.37. The van der Waals surface area contributed by atoms with E-state index in [0.717, 1.165) is 24.6 Å². The van der Waals surface area contributed by atoms with E-state index in [4.69, 9.17) is 6.42 Å². The molecule has 5 nitrogen and oxygen atoms in total. The van der Waals surface area contributed by atoms with Crippen molar-refractivity contribution in [2.45, 2.75) is 20.0 Å². The molecule has 2 rings (SSSR count). The molecule has 0 aliphatic rings. The highest BCUT2D eigenvalue weighted by molar-refractivity contribution is 5.79. The molecule has 0 bridgehead atoms. The maximum Gasteiger partial charge on any atom is 0.192 e. The van der Waals surface area contributed by atoms with Crippen LogP contribution in [0.15, 0.2) is 47.7 Å². The molecule has 1 aromatic carbocycles. The first-order chi connectivity index (χ1) is 10.8. The zero-order valence-electron chi connectivity index (χ0n) is 12.8. The predicted octanol–water partition coefficient (Wildman–Crippen LogP) is 1.62. The van der Waals surface area contributed by atoms with Crippen molar-refractivity contribution in [3.8, 4) is 12.3 Å². The first-order valence-corrected chi connectivity index (χ1v) is 7.32. The standard InChI is InChI=1S/C17H21N5/c1-3-9-19-17(18-4-2)20-13-15-7-5-8-16(12-15)14-22-11-6-10-21-22/h1,5-8,10-12H,4,9,13-14H2,2H3,(H2,18,19,20). The van der Waals surface area contributed by atoms with Gasteiger partial charge in [0.1, 0.15) is 0 Å². The molecule has 2 aromatic rings. The summed E-state index contributed by atoms with van der Waals surface area (Å²) in [4.78, 5) is 4.54. The number of aromatic nitrogens is 2. The maximum atomic E-state index is 5.26. The summed E-state index contributed by atoms with van der Waals surface area (Å²) in [5, 5.41) is 10.5. The fraction of sp³-hybridized carbons (Fsp3) is 0.294. The lowest BCUT2D eigenvalue weighted by Gasteiger charge is -2.09. The highest BCUT2D eigenvalue weighted by Gasteiger charge is 1.99. The second-order valence-corrected chi connectivity index (χ2v) is 4.78. The molecule has 2 N–H and O–H groups in total. The van der Waals surface area contributed by atoms with Gasteiger partial charge < -0.3 is 10.6 Å². The minimum Gasteiger partial charge on any atom is -0.357 e. The second-order valence-electron chi connectivity index (χ2n) is 4.78. The zero-order valence-corrected chi connectivity index (χ0v) is 12.8. The van der Waals surface area contributed by atoms with Crippen LogP contribution in [0, 0.1) is 12.3 Å². The summed E-state index contributed by atoms with van der Waals surface area (Å²) in [7, 11) is 0. The third-order valence-corrected chi connectivity index (χ3v) is 3.02. The van der Waals surface area contributed by atoms with Gasteiger partial charge in [-0.2, -0.15) is 5.10 Å². The molecule has 0 fully saturated rings. The Morgan fingerprint density at radius 2 is 2.18 bits per heavy atom. The van der Waals surface area contributed by atoms with Gasteiger partial charge in [0.2, 0.25) is 0 Å². The Kier molecular flexibility index (Phi) is 6.06. The summed E-state index contributed by atoms with van der Waals surface area (Å²) in [5.41, 5.74) is 2.36. The van der Waals surface area contributed by atoms with Crippen molar-refractivity contribution in [1.82, 2.24) is 20.4 Å². The molecule has 1 heterocycles. The Morgan fingerprint density at radius 1 is 1.32 bits per heavy atom. The average Bonchev–Trinajstić information content (AvgIpc) is 3.03. The molecular formula is C17H21N5. The van der Waals surface area contributed by atoms with E-state index in [2.05, 4.69) is 44.8 Å². The number of rotatable bonds is 6. The number of guanidine groups is 1. The summed E-state index contributed by atoms with van der Waals surface area (Å²) >= 11 is 0. The van der Waals surface area contributed by atoms with Crippen LogP contribution in [0.5, 0.6) is 0 Å². The van der Waals surface area contributed by atoms with Gasteiger partial charge in [-0.25, -0.2) is 4.99 Å². The summed E-state index contributed by atoms with van der Waals surface area (Å²) in [6.07, 6.45) is 9.00. The van der Waals surface area contributed by atoms with Gasteiger partial charge in [0, 0.05) is 18.9 Å². The summed E-state index contributed by atoms with van der Waals surface area (Å²) in [6, 6.07) is 10.3. The highest BCUT2D eigenvalue weighted by Crippen LogP contribution is 2.08. The smallest absolute Gasteiger partial charge is 0.192 e. The van der Waals surface area contributed by atoms with E-state index in [1.807, 2.05) is 29.9 Å². The fourth-order valence-electron chi connectivity index (χ4n) is 2.05. The maximum absolute atomic E-state index is 5.26. The van der Waals surface area contributed by atoms with Crippen LogP contribution >= 0.6 is 0 Å². The Balaban J connectivity index is 2.01. The van der Waals surface area contributed by atoms with E-state index in [9.17, 15) is 0 Å². The average molecular weight is 295 g/mol. The van der Waals surface area contributed by atoms with Crippen molar-refractivity contribution in [2.24, 2.45) is 4.99 Å². The van der Waals surface area contributed by atoms with Crippen LogP contribution in [0.25, 0.3) is 0 Å². The SMILES string of the molecule is C#CCNC(=NCc1cccc(Cn2cccn2)c1)NCC. The highest BCUT2D eigenvalue weighted by atomic mass is 15.3. The Labute approximate surface area is 131 Å². The van der Waals surface area contributed by atoms with Crippen molar-refractivity contribution < 1.29 is 0 Å². The zero-order chi connectivity index (χ0) is 15.6. The molecule has 0 saturated heterocycles. The van der Waals surface area contributed by atoms with E-state index < -0.39 is 0 Å². The van der Waals surface area contributed by atoms with Gasteiger partial charge in [-0.15, -0.1) is 6.42 Å². The first-order valence-electron chi connectivity index (χ1n) is 7.32. The van der Waals surface area contributed by atoms with Crippen LogP contribution < -0.4 is 10.6 Å². The number of terminal acetylenes is 1. The molecule has 5 heteroatoms. The van der Waals surface area contributed by atoms with Gasteiger partial charge in [0.25, 0.3) is 0 Å². The normalized spacial score (nSPS) is 11.0. The molecule has 0 aliphatic heterocycles. The predicted molar refractivity (Wildman–Crippen MR) is 89.4 cm³/mol. The van der Waals surface area contributed by atoms with Gasteiger partial charge in [0.05, 0.1) is 19.6 Å². The number of nitrogens with zero attached hydrogens (tertiary/aromatic N) is 3. The molecule has 22 heavy (non-hydrogen) atoms. The number of nitrogens with one attached hydrogen (secondary N) is 2. The van der Waals surface area contributed by atoms with Crippen LogP contribution in [0.1, 0.15) is 18.1 Å². The van der Waals surface area contributed by atoms with Crippen LogP contribution in [-0.2, 0) is 13.1 Å². The van der Waals surface area contributed by atoms with Crippen LogP contribution in [0.3, 0.4) is 0 Å². The summed E-state index contributed by atoms with van der Waals surface area (Å²) < 4.78 is 1.90. The lowest BCUT2D eigenvalue weighted by molar-refractivity contribution is 0.686.